The minimum atomic E-state index is -4.33. The van der Waals surface area contributed by atoms with Gasteiger partial charge < -0.3 is 15.8 Å². The molecular weight excluding hydrogens is 449 g/mol. The quantitative estimate of drug-likeness (QED) is 0.455. The highest BCUT2D eigenvalue weighted by molar-refractivity contribution is 5.30. The second-order valence-electron chi connectivity index (χ2n) is 11.9. The van der Waals surface area contributed by atoms with Gasteiger partial charge in [0, 0.05) is 12.0 Å². The van der Waals surface area contributed by atoms with Crippen molar-refractivity contribution in [3.8, 4) is 5.75 Å². The third-order valence-electron chi connectivity index (χ3n) is 7.96. The average Bonchev–Trinajstić information content (AvgIpc) is 2.74. The van der Waals surface area contributed by atoms with Crippen molar-refractivity contribution in [3.63, 3.8) is 0 Å². The molecule has 0 saturated heterocycles. The molecule has 3 unspecified atom stereocenters. The highest BCUT2D eigenvalue weighted by Gasteiger charge is 2.58. The summed E-state index contributed by atoms with van der Waals surface area (Å²) in [6.45, 7) is 5.69. The van der Waals surface area contributed by atoms with E-state index in [1.54, 1.807) is 0 Å². The summed E-state index contributed by atoms with van der Waals surface area (Å²) in [5.74, 6) is 1.38. The Balaban J connectivity index is 0.000000186. The van der Waals surface area contributed by atoms with Crippen LogP contribution in [0.5, 0.6) is 5.75 Å². The number of hydrogen-bond donors (Lipinski definition) is 2. The van der Waals surface area contributed by atoms with Crippen LogP contribution in [0.3, 0.4) is 0 Å². The zero-order valence-corrected chi connectivity index (χ0v) is 21.1. The Morgan fingerprint density at radius 3 is 2.03 bits per heavy atom. The van der Waals surface area contributed by atoms with Gasteiger partial charge in [0.15, 0.2) is 0 Å². The van der Waals surface area contributed by atoms with Crippen molar-refractivity contribution in [3.05, 3.63) is 65.7 Å². The van der Waals surface area contributed by atoms with E-state index in [0.717, 1.165) is 36.6 Å². The molecule has 2 aromatic carbocycles. The maximum absolute atomic E-state index is 12.6. The lowest BCUT2D eigenvalue weighted by Crippen LogP contribution is -2.62. The van der Waals surface area contributed by atoms with Crippen LogP contribution < -0.4 is 15.8 Å². The predicted octanol–water partition coefficient (Wildman–Crippen LogP) is 7.13. The zero-order chi connectivity index (χ0) is 25.3. The Hall–Kier alpha value is -2.05. The number of nitrogens with two attached hydrogens (primary N) is 1. The molecule has 0 radical (unpaired) electrons. The topological polar surface area (TPSA) is 47.3 Å². The van der Waals surface area contributed by atoms with Crippen molar-refractivity contribution in [1.29, 1.82) is 0 Å². The molecule has 3 N–H and O–H groups in total. The lowest BCUT2D eigenvalue weighted by Gasteiger charge is -2.64. The summed E-state index contributed by atoms with van der Waals surface area (Å²) in [6.07, 6.45) is 4.46. The van der Waals surface area contributed by atoms with E-state index in [2.05, 4.69) is 19.2 Å². The number of alkyl halides is 3. The van der Waals surface area contributed by atoms with Crippen molar-refractivity contribution in [1.82, 2.24) is 5.32 Å². The SMILES string of the molecule is CNCCC(Oc1ccc(C(F)(F)F)cc1)c1ccccc1.C[C@]12CC3CC(N)(C1)C[C@@](C)(C3)C2. The molecule has 0 aliphatic heterocycles. The highest BCUT2D eigenvalue weighted by Crippen LogP contribution is 2.65. The zero-order valence-electron chi connectivity index (χ0n) is 21.1. The summed E-state index contributed by atoms with van der Waals surface area (Å²) in [5, 5.41) is 3.05. The van der Waals surface area contributed by atoms with Crippen LogP contribution in [0.1, 0.15) is 76.0 Å². The molecule has 2 aromatic rings. The van der Waals surface area contributed by atoms with E-state index >= 15 is 0 Å². The van der Waals surface area contributed by atoms with E-state index in [-0.39, 0.29) is 11.6 Å². The molecule has 0 amide bonds. The third-order valence-corrected chi connectivity index (χ3v) is 7.96. The summed E-state index contributed by atoms with van der Waals surface area (Å²) in [5.41, 5.74) is 8.24. The van der Waals surface area contributed by atoms with Crippen molar-refractivity contribution in [2.45, 2.75) is 76.6 Å². The second kappa shape index (κ2) is 9.78. The van der Waals surface area contributed by atoms with Gasteiger partial charge in [0.1, 0.15) is 11.9 Å². The van der Waals surface area contributed by atoms with Crippen molar-refractivity contribution in [2.24, 2.45) is 22.5 Å². The van der Waals surface area contributed by atoms with Crippen LogP contribution in [0.25, 0.3) is 0 Å². The van der Waals surface area contributed by atoms with Crippen LogP contribution in [-0.4, -0.2) is 19.1 Å². The van der Waals surface area contributed by atoms with Crippen LogP contribution in [0.4, 0.5) is 13.2 Å². The summed E-state index contributed by atoms with van der Waals surface area (Å²) >= 11 is 0. The van der Waals surface area contributed by atoms with Gasteiger partial charge in [-0.2, -0.15) is 13.2 Å². The average molecular weight is 489 g/mol. The fourth-order valence-corrected chi connectivity index (χ4v) is 7.66. The van der Waals surface area contributed by atoms with Crippen LogP contribution in [0, 0.1) is 16.7 Å². The molecular formula is C29H39F3N2O. The molecule has 3 nitrogen and oxygen atoms in total. The van der Waals surface area contributed by atoms with E-state index in [0.29, 0.717) is 16.6 Å². The molecule has 4 aliphatic carbocycles. The van der Waals surface area contributed by atoms with Crippen LogP contribution >= 0.6 is 0 Å². The molecule has 4 aliphatic rings. The number of hydrogen-bond acceptors (Lipinski definition) is 3. The molecule has 35 heavy (non-hydrogen) atoms. The van der Waals surface area contributed by atoms with Crippen molar-refractivity contribution in [2.75, 3.05) is 13.6 Å². The number of rotatable bonds is 6. The monoisotopic (exact) mass is 488 g/mol. The largest absolute Gasteiger partial charge is 0.486 e. The molecule has 4 saturated carbocycles. The van der Waals surface area contributed by atoms with Gasteiger partial charge in [-0.05, 0) is 98.7 Å². The summed E-state index contributed by atoms with van der Waals surface area (Å²) in [6, 6.07) is 14.4. The molecule has 4 bridgehead atoms. The Kier molecular flexibility index (Phi) is 7.27. The van der Waals surface area contributed by atoms with E-state index in [1.807, 2.05) is 37.4 Å². The molecule has 4 fully saturated rings. The number of nitrogens with one attached hydrogen (secondary N) is 1. The minimum absolute atomic E-state index is 0.203. The minimum Gasteiger partial charge on any atom is -0.486 e. The standard InChI is InChI=1S/C17H18F3NO.C12H21N/c1-21-12-11-16(13-5-3-2-4-6-13)22-15-9-7-14(8-10-15)17(18,19)20;1-10-3-9-4-11(2,6-10)8-12(13,5-9)7-10/h2-10,16,21H,11-12H2,1H3;9H,3-8,13H2,1-2H3/t;9?,10-,11+,12?. The fraction of sp³-hybridized carbons (Fsp3) is 0.586. The van der Waals surface area contributed by atoms with E-state index in [4.69, 9.17) is 10.5 Å². The van der Waals surface area contributed by atoms with Crippen molar-refractivity contribution >= 4 is 0 Å². The second-order valence-corrected chi connectivity index (χ2v) is 11.9. The van der Waals surface area contributed by atoms with Gasteiger partial charge in [0.2, 0.25) is 0 Å². The first kappa shape index (κ1) is 26.0. The lowest BCUT2D eigenvalue weighted by molar-refractivity contribution is -0.137. The number of benzene rings is 2. The first-order valence-corrected chi connectivity index (χ1v) is 12.7. The molecule has 0 spiro atoms. The van der Waals surface area contributed by atoms with Gasteiger partial charge in [-0.1, -0.05) is 44.2 Å². The maximum atomic E-state index is 12.6. The van der Waals surface area contributed by atoms with Gasteiger partial charge in [0.25, 0.3) is 0 Å². The maximum Gasteiger partial charge on any atom is 0.416 e. The fourth-order valence-electron chi connectivity index (χ4n) is 7.66. The third kappa shape index (κ3) is 6.39. The summed E-state index contributed by atoms with van der Waals surface area (Å²) in [4.78, 5) is 0. The molecule has 6 heteroatoms. The Labute approximate surface area is 207 Å². The van der Waals surface area contributed by atoms with Gasteiger partial charge in [-0.3, -0.25) is 0 Å². The van der Waals surface area contributed by atoms with E-state index < -0.39 is 11.7 Å². The molecule has 192 valence electrons. The van der Waals surface area contributed by atoms with Gasteiger partial charge in [0.05, 0.1) is 5.56 Å². The Morgan fingerprint density at radius 1 is 0.943 bits per heavy atom. The smallest absolute Gasteiger partial charge is 0.416 e. The lowest BCUT2D eigenvalue weighted by atomic mass is 9.43. The van der Waals surface area contributed by atoms with Gasteiger partial charge in [-0.15, -0.1) is 0 Å². The van der Waals surface area contributed by atoms with Crippen molar-refractivity contribution < 1.29 is 17.9 Å². The van der Waals surface area contributed by atoms with Gasteiger partial charge in [-0.25, -0.2) is 0 Å². The summed E-state index contributed by atoms with van der Waals surface area (Å²) < 4.78 is 43.6. The number of ether oxygens (including phenoxy) is 1. The first-order valence-electron chi connectivity index (χ1n) is 12.7. The van der Waals surface area contributed by atoms with E-state index in [1.165, 1.54) is 50.7 Å². The Morgan fingerprint density at radius 2 is 1.54 bits per heavy atom. The number of halogens is 3. The molecule has 6 rings (SSSR count). The Bertz CT molecular complexity index is 925. The van der Waals surface area contributed by atoms with Crippen LogP contribution in [0.2, 0.25) is 0 Å². The molecule has 0 aromatic heterocycles. The van der Waals surface area contributed by atoms with E-state index in [9.17, 15) is 13.2 Å². The van der Waals surface area contributed by atoms with Crippen LogP contribution in [-0.2, 0) is 6.18 Å². The normalized spacial score (nSPS) is 32.0. The highest BCUT2D eigenvalue weighted by atomic mass is 19.4. The first-order chi connectivity index (χ1) is 16.4. The molecule has 0 heterocycles. The van der Waals surface area contributed by atoms with Crippen LogP contribution in [0.15, 0.2) is 54.6 Å². The predicted molar refractivity (Wildman–Crippen MR) is 134 cm³/mol. The summed E-state index contributed by atoms with van der Waals surface area (Å²) in [7, 11) is 1.85. The van der Waals surface area contributed by atoms with Gasteiger partial charge >= 0.3 is 6.18 Å². The molecule has 5 atom stereocenters.